The molecule has 2 aliphatic heterocycles. The van der Waals surface area contributed by atoms with Gasteiger partial charge in [0.15, 0.2) is 0 Å². The van der Waals surface area contributed by atoms with E-state index in [1.165, 1.54) is 50.8 Å². The zero-order chi connectivity index (χ0) is 16.2. The number of halogens is 1. The molecule has 1 aromatic carbocycles. The van der Waals surface area contributed by atoms with Crippen LogP contribution in [0.25, 0.3) is 0 Å². The fraction of sp³-hybridized carbons (Fsp3) is 0.684. The second-order valence-corrected chi connectivity index (χ2v) is 7.20. The highest BCUT2D eigenvalue weighted by atomic mass is 19.1. The highest BCUT2D eigenvalue weighted by Gasteiger charge is 2.28. The van der Waals surface area contributed by atoms with Crippen LogP contribution in [0.15, 0.2) is 24.3 Å². The minimum atomic E-state index is -0.490. The van der Waals surface area contributed by atoms with Crippen molar-refractivity contribution in [3.05, 3.63) is 35.6 Å². The van der Waals surface area contributed by atoms with Crippen LogP contribution in [0.4, 0.5) is 4.39 Å². The molecule has 2 saturated heterocycles. The lowest BCUT2D eigenvalue weighted by molar-refractivity contribution is 0.116. The Labute approximate surface area is 139 Å². The van der Waals surface area contributed by atoms with Gasteiger partial charge >= 0.3 is 0 Å². The molecule has 0 saturated carbocycles. The van der Waals surface area contributed by atoms with Crippen LogP contribution in [-0.2, 0) is 0 Å². The van der Waals surface area contributed by atoms with E-state index in [0.29, 0.717) is 6.04 Å². The van der Waals surface area contributed by atoms with Gasteiger partial charge in [-0.25, -0.2) is 4.39 Å². The summed E-state index contributed by atoms with van der Waals surface area (Å²) < 4.78 is 13.0. The molecule has 1 N–H and O–H groups in total. The lowest BCUT2D eigenvalue weighted by Gasteiger charge is -2.29. The fourth-order valence-corrected chi connectivity index (χ4v) is 4.19. The lowest BCUT2D eigenvalue weighted by Crippen LogP contribution is -2.35. The molecule has 128 valence electrons. The van der Waals surface area contributed by atoms with Crippen LogP contribution < -0.4 is 0 Å². The first-order chi connectivity index (χ1) is 11.1. The van der Waals surface area contributed by atoms with Crippen molar-refractivity contribution < 1.29 is 9.50 Å². The van der Waals surface area contributed by atoms with E-state index in [-0.39, 0.29) is 5.82 Å². The molecule has 0 spiro atoms. The van der Waals surface area contributed by atoms with E-state index in [2.05, 4.69) is 16.8 Å². The maximum atomic E-state index is 13.0. The summed E-state index contributed by atoms with van der Waals surface area (Å²) in [5.41, 5.74) is 0.828. The summed E-state index contributed by atoms with van der Waals surface area (Å²) in [5, 5.41) is 10.5. The molecule has 0 radical (unpaired) electrons. The van der Waals surface area contributed by atoms with Crippen LogP contribution >= 0.6 is 0 Å². The van der Waals surface area contributed by atoms with Gasteiger partial charge in [-0.3, -0.25) is 0 Å². The molecule has 3 unspecified atom stereocenters. The third-order valence-electron chi connectivity index (χ3n) is 5.67. The van der Waals surface area contributed by atoms with Crippen molar-refractivity contribution in [1.82, 2.24) is 9.80 Å². The van der Waals surface area contributed by atoms with E-state index >= 15 is 0 Å². The molecule has 23 heavy (non-hydrogen) atoms. The van der Waals surface area contributed by atoms with Crippen molar-refractivity contribution in [2.24, 2.45) is 0 Å². The van der Waals surface area contributed by atoms with Crippen LogP contribution in [-0.4, -0.2) is 53.7 Å². The van der Waals surface area contributed by atoms with Gasteiger partial charge in [0.2, 0.25) is 0 Å². The number of hydrogen-bond acceptors (Lipinski definition) is 3. The van der Waals surface area contributed by atoms with Gasteiger partial charge in [0.05, 0.1) is 6.10 Å². The fourth-order valence-electron chi connectivity index (χ4n) is 4.19. The number of benzene rings is 1. The first-order valence-electron chi connectivity index (χ1n) is 9.01. The van der Waals surface area contributed by atoms with E-state index in [1.807, 2.05) is 0 Å². The van der Waals surface area contributed by atoms with E-state index in [9.17, 15) is 9.50 Å². The molecule has 3 atom stereocenters. The predicted molar refractivity (Wildman–Crippen MR) is 90.8 cm³/mol. The van der Waals surface area contributed by atoms with Crippen LogP contribution in [0.2, 0.25) is 0 Å². The van der Waals surface area contributed by atoms with Crippen LogP contribution in [0.5, 0.6) is 0 Å². The third-order valence-corrected chi connectivity index (χ3v) is 5.67. The van der Waals surface area contributed by atoms with Gasteiger partial charge in [-0.05, 0) is 82.9 Å². The standard InChI is InChI=1S/C19H29FN2O/c1-21-11-2-4-17(21)10-13-22-12-3-5-18(22)14-19(23)15-6-8-16(20)9-7-15/h6-9,17-19,23H,2-5,10-14H2,1H3. The number of rotatable bonds is 6. The van der Waals surface area contributed by atoms with Gasteiger partial charge in [0.1, 0.15) is 5.82 Å². The van der Waals surface area contributed by atoms with Gasteiger partial charge < -0.3 is 14.9 Å². The second kappa shape index (κ2) is 7.73. The van der Waals surface area contributed by atoms with Crippen molar-refractivity contribution in [2.75, 3.05) is 26.7 Å². The largest absolute Gasteiger partial charge is 0.388 e. The first-order valence-corrected chi connectivity index (χ1v) is 9.01. The number of nitrogens with zero attached hydrogens (tertiary/aromatic N) is 2. The second-order valence-electron chi connectivity index (χ2n) is 7.20. The normalized spacial score (nSPS) is 27.6. The minimum absolute atomic E-state index is 0.246. The quantitative estimate of drug-likeness (QED) is 0.872. The molecule has 3 rings (SSSR count). The Bertz CT molecular complexity index is 493. The zero-order valence-corrected chi connectivity index (χ0v) is 14.1. The van der Waals surface area contributed by atoms with Crippen LogP contribution in [0.1, 0.15) is 50.2 Å². The molecule has 4 heteroatoms. The molecule has 0 aromatic heterocycles. The number of likely N-dealkylation sites (tertiary alicyclic amines) is 2. The summed E-state index contributed by atoms with van der Waals surface area (Å²) in [4.78, 5) is 5.04. The third kappa shape index (κ3) is 4.31. The maximum Gasteiger partial charge on any atom is 0.123 e. The summed E-state index contributed by atoms with van der Waals surface area (Å²) in [7, 11) is 2.23. The van der Waals surface area contributed by atoms with Crippen molar-refractivity contribution in [2.45, 2.75) is 56.7 Å². The van der Waals surface area contributed by atoms with Gasteiger partial charge in [0.25, 0.3) is 0 Å². The number of aliphatic hydroxyl groups excluding tert-OH is 1. The Balaban J connectivity index is 1.51. The molecule has 3 nitrogen and oxygen atoms in total. The average Bonchev–Trinajstić information content (AvgIpc) is 3.15. The Morgan fingerprint density at radius 1 is 1.13 bits per heavy atom. The Morgan fingerprint density at radius 2 is 1.83 bits per heavy atom. The number of hydrogen-bond donors (Lipinski definition) is 1. The average molecular weight is 320 g/mol. The molecule has 2 heterocycles. The molecule has 2 fully saturated rings. The van der Waals surface area contributed by atoms with Crippen molar-refractivity contribution in [3.63, 3.8) is 0 Å². The molecule has 0 aliphatic carbocycles. The molecule has 0 amide bonds. The van der Waals surface area contributed by atoms with E-state index in [1.54, 1.807) is 12.1 Å². The molecule has 0 bridgehead atoms. The Hall–Kier alpha value is -0.970. The van der Waals surface area contributed by atoms with E-state index in [0.717, 1.165) is 31.1 Å². The zero-order valence-electron chi connectivity index (χ0n) is 14.1. The number of aliphatic hydroxyl groups is 1. The smallest absolute Gasteiger partial charge is 0.123 e. The van der Waals surface area contributed by atoms with Crippen molar-refractivity contribution in [1.29, 1.82) is 0 Å². The molecular weight excluding hydrogens is 291 g/mol. The lowest BCUT2D eigenvalue weighted by atomic mass is 10.00. The summed E-state index contributed by atoms with van der Waals surface area (Å²) in [5.74, 6) is -0.246. The maximum absolute atomic E-state index is 13.0. The molecule has 1 aromatic rings. The van der Waals surface area contributed by atoms with Crippen LogP contribution in [0, 0.1) is 5.82 Å². The van der Waals surface area contributed by atoms with Crippen LogP contribution in [0.3, 0.4) is 0 Å². The molecular formula is C19H29FN2O. The van der Waals surface area contributed by atoms with Gasteiger partial charge in [-0.1, -0.05) is 12.1 Å². The van der Waals surface area contributed by atoms with E-state index in [4.69, 9.17) is 0 Å². The molecule has 2 aliphatic rings. The highest BCUT2D eigenvalue weighted by Crippen LogP contribution is 2.28. The van der Waals surface area contributed by atoms with Gasteiger partial charge in [0, 0.05) is 12.1 Å². The predicted octanol–water partition coefficient (Wildman–Crippen LogP) is 3.20. The van der Waals surface area contributed by atoms with E-state index < -0.39 is 6.10 Å². The topological polar surface area (TPSA) is 26.7 Å². The monoisotopic (exact) mass is 320 g/mol. The first kappa shape index (κ1) is 16.9. The van der Waals surface area contributed by atoms with Crippen molar-refractivity contribution >= 4 is 0 Å². The van der Waals surface area contributed by atoms with Gasteiger partial charge in [-0.15, -0.1) is 0 Å². The SMILES string of the molecule is CN1CCCC1CCN1CCCC1CC(O)c1ccc(F)cc1. The summed E-state index contributed by atoms with van der Waals surface area (Å²) in [6.07, 6.45) is 6.54. The van der Waals surface area contributed by atoms with Crippen molar-refractivity contribution in [3.8, 4) is 0 Å². The van der Waals surface area contributed by atoms with Gasteiger partial charge in [-0.2, -0.15) is 0 Å². The Kier molecular flexibility index (Phi) is 5.67. The summed E-state index contributed by atoms with van der Waals surface area (Å²) in [6, 6.07) is 7.46. The minimum Gasteiger partial charge on any atom is -0.388 e. The Morgan fingerprint density at radius 3 is 2.52 bits per heavy atom. The summed E-state index contributed by atoms with van der Waals surface area (Å²) >= 11 is 0. The highest BCUT2D eigenvalue weighted by molar-refractivity contribution is 5.18. The summed E-state index contributed by atoms with van der Waals surface area (Å²) in [6.45, 7) is 3.52.